The Kier molecular flexibility index (Phi) is 3.96. The number of halogens is 3. The van der Waals surface area contributed by atoms with Crippen molar-refractivity contribution >= 4 is 16.7 Å². The Bertz CT molecular complexity index is 883. The van der Waals surface area contributed by atoms with E-state index in [0.717, 1.165) is 10.4 Å². The van der Waals surface area contributed by atoms with Crippen molar-refractivity contribution in [2.45, 2.75) is 38.0 Å². The summed E-state index contributed by atoms with van der Waals surface area (Å²) in [6, 6.07) is 9.31. The number of amides is 1. The summed E-state index contributed by atoms with van der Waals surface area (Å²) in [5.74, 6) is -0.438. The molecule has 1 aliphatic heterocycles. The van der Waals surface area contributed by atoms with Gasteiger partial charge in [0.05, 0.1) is 11.6 Å². The van der Waals surface area contributed by atoms with Crippen LogP contribution < -0.4 is 5.43 Å². The molecular weight excluding hydrogens is 331 g/mol. The molecule has 0 aromatic heterocycles. The first-order valence-electron chi connectivity index (χ1n) is 7.71. The van der Waals surface area contributed by atoms with Crippen molar-refractivity contribution in [3.05, 3.63) is 47.5 Å². The Balaban J connectivity index is 2.13. The molecule has 0 spiro atoms. The highest BCUT2D eigenvalue weighted by atomic mass is 19.4. The predicted molar refractivity (Wildman–Crippen MR) is 86.1 cm³/mol. The Morgan fingerprint density at radius 3 is 2.44 bits per heavy atom. The summed E-state index contributed by atoms with van der Waals surface area (Å²) in [6.07, 6.45) is -4.58. The summed E-state index contributed by atoms with van der Waals surface area (Å²) < 4.78 is 41.5. The quantitative estimate of drug-likeness (QED) is 0.898. The molecule has 1 amide bonds. The van der Waals surface area contributed by atoms with Crippen molar-refractivity contribution < 1.29 is 18.0 Å². The van der Waals surface area contributed by atoms with E-state index in [1.807, 2.05) is 6.07 Å². The molecule has 25 heavy (non-hydrogen) atoms. The number of nitriles is 1. The van der Waals surface area contributed by atoms with Crippen LogP contribution >= 0.6 is 0 Å². The van der Waals surface area contributed by atoms with E-state index in [9.17, 15) is 18.0 Å². The van der Waals surface area contributed by atoms with Gasteiger partial charge in [-0.1, -0.05) is 18.2 Å². The second kappa shape index (κ2) is 5.74. The molecule has 1 unspecified atom stereocenters. The van der Waals surface area contributed by atoms with Gasteiger partial charge in [0.15, 0.2) is 6.04 Å². The third-order valence-electron chi connectivity index (χ3n) is 4.37. The molecule has 7 heteroatoms. The number of carbonyl (C=O) groups is 1. The van der Waals surface area contributed by atoms with Crippen LogP contribution in [0.5, 0.6) is 0 Å². The molecule has 0 aliphatic carbocycles. The minimum atomic E-state index is -4.57. The van der Waals surface area contributed by atoms with Gasteiger partial charge in [-0.15, -0.1) is 0 Å². The number of alkyl halides is 3. The summed E-state index contributed by atoms with van der Waals surface area (Å²) >= 11 is 0. The first-order chi connectivity index (χ1) is 11.6. The Morgan fingerprint density at radius 2 is 1.88 bits per heavy atom. The Morgan fingerprint density at radius 1 is 1.20 bits per heavy atom. The highest BCUT2D eigenvalue weighted by Crippen LogP contribution is 2.43. The van der Waals surface area contributed by atoms with E-state index < -0.39 is 23.7 Å². The molecule has 3 rings (SSSR count). The van der Waals surface area contributed by atoms with E-state index in [1.165, 1.54) is 12.1 Å². The third-order valence-corrected chi connectivity index (χ3v) is 4.37. The maximum absolute atomic E-state index is 13.8. The Labute approximate surface area is 142 Å². The normalized spacial score (nSPS) is 18.8. The molecular formula is C18H16F3N3O. The van der Waals surface area contributed by atoms with Crippen LogP contribution in [0.4, 0.5) is 13.2 Å². The third kappa shape index (κ3) is 3.17. The van der Waals surface area contributed by atoms with E-state index >= 15 is 0 Å². The zero-order valence-electron chi connectivity index (χ0n) is 13.7. The van der Waals surface area contributed by atoms with Crippen LogP contribution in [-0.4, -0.2) is 22.6 Å². The smallest absolute Gasteiger partial charge is 0.287 e. The zero-order valence-corrected chi connectivity index (χ0v) is 13.7. The van der Waals surface area contributed by atoms with E-state index in [-0.39, 0.29) is 12.0 Å². The summed E-state index contributed by atoms with van der Waals surface area (Å²) in [7, 11) is 0. The van der Waals surface area contributed by atoms with Crippen LogP contribution in [-0.2, 0) is 4.79 Å². The molecule has 1 saturated heterocycles. The fraction of sp³-hybridized carbons (Fsp3) is 0.333. The molecule has 1 N–H and O–H groups in total. The van der Waals surface area contributed by atoms with E-state index in [2.05, 4.69) is 5.43 Å². The molecule has 0 bridgehead atoms. The van der Waals surface area contributed by atoms with Gasteiger partial charge in [0, 0.05) is 12.0 Å². The van der Waals surface area contributed by atoms with Gasteiger partial charge in [-0.3, -0.25) is 10.2 Å². The second-order valence-corrected chi connectivity index (χ2v) is 6.77. The van der Waals surface area contributed by atoms with Crippen molar-refractivity contribution in [2.24, 2.45) is 0 Å². The lowest BCUT2D eigenvalue weighted by atomic mass is 9.95. The number of benzene rings is 2. The minimum Gasteiger partial charge on any atom is -0.287 e. The summed E-state index contributed by atoms with van der Waals surface area (Å²) in [5, 5.41) is 11.3. The number of fused-ring (bicyclic) bond motifs is 1. The summed E-state index contributed by atoms with van der Waals surface area (Å²) in [5.41, 5.74) is 1.77. The monoisotopic (exact) mass is 347 g/mol. The van der Waals surface area contributed by atoms with Crippen LogP contribution in [0.25, 0.3) is 10.8 Å². The number of carbonyl (C=O) groups excluding carboxylic acids is 1. The van der Waals surface area contributed by atoms with Crippen molar-refractivity contribution in [1.82, 2.24) is 10.4 Å². The number of nitrogens with zero attached hydrogens (tertiary/aromatic N) is 2. The highest BCUT2D eigenvalue weighted by molar-refractivity contribution is 5.84. The lowest BCUT2D eigenvalue weighted by Gasteiger charge is -2.38. The predicted octanol–water partition coefficient (Wildman–Crippen LogP) is 3.83. The fourth-order valence-corrected chi connectivity index (χ4v) is 3.21. The Hall–Kier alpha value is -2.59. The van der Waals surface area contributed by atoms with Gasteiger partial charge < -0.3 is 0 Å². The highest BCUT2D eigenvalue weighted by Gasteiger charge is 2.52. The van der Waals surface area contributed by atoms with Crippen LogP contribution in [0.3, 0.4) is 0 Å². The van der Waals surface area contributed by atoms with Crippen LogP contribution in [0, 0.1) is 11.3 Å². The number of hydrogen-bond acceptors (Lipinski definition) is 3. The first-order valence-corrected chi connectivity index (χ1v) is 7.71. The average Bonchev–Trinajstić information content (AvgIpc) is 2.77. The molecule has 1 aliphatic rings. The zero-order chi connectivity index (χ0) is 18.4. The second-order valence-electron chi connectivity index (χ2n) is 6.77. The molecule has 1 heterocycles. The fourth-order valence-electron chi connectivity index (χ4n) is 3.21. The van der Waals surface area contributed by atoms with Crippen LogP contribution in [0.1, 0.15) is 37.4 Å². The molecule has 1 atom stereocenters. The van der Waals surface area contributed by atoms with E-state index in [1.54, 1.807) is 38.1 Å². The molecule has 2 aromatic rings. The maximum Gasteiger partial charge on any atom is 0.409 e. The van der Waals surface area contributed by atoms with Crippen molar-refractivity contribution in [1.29, 1.82) is 5.26 Å². The topological polar surface area (TPSA) is 56.1 Å². The molecule has 1 fully saturated rings. The van der Waals surface area contributed by atoms with Gasteiger partial charge in [0.2, 0.25) is 5.91 Å². The largest absolute Gasteiger partial charge is 0.409 e. The van der Waals surface area contributed by atoms with Crippen LogP contribution in [0.15, 0.2) is 36.4 Å². The molecule has 0 saturated carbocycles. The van der Waals surface area contributed by atoms with E-state index in [0.29, 0.717) is 10.9 Å². The number of rotatable bonds is 2. The molecule has 0 radical (unpaired) electrons. The standard InChI is InChI=1S/C18H16F3N3O/c1-17(2)9-15(25)23-24(17)16(18(19,20)21)13-6-5-12-4-3-11(10-22)7-14(12)8-13/h3-8,16H,9H2,1-2H3,(H,23,25). The average molecular weight is 347 g/mol. The van der Waals surface area contributed by atoms with Gasteiger partial charge >= 0.3 is 6.18 Å². The maximum atomic E-state index is 13.8. The van der Waals surface area contributed by atoms with Crippen LogP contribution in [0.2, 0.25) is 0 Å². The summed E-state index contributed by atoms with van der Waals surface area (Å²) in [6.45, 7) is 3.19. The summed E-state index contributed by atoms with van der Waals surface area (Å²) in [4.78, 5) is 11.7. The van der Waals surface area contributed by atoms with Gasteiger partial charge in [-0.2, -0.15) is 23.4 Å². The molecule has 4 nitrogen and oxygen atoms in total. The first kappa shape index (κ1) is 17.2. The number of hydrazine groups is 1. The lowest BCUT2D eigenvalue weighted by molar-refractivity contribution is -0.203. The van der Waals surface area contributed by atoms with Gasteiger partial charge in [-0.05, 0) is 48.4 Å². The molecule has 130 valence electrons. The van der Waals surface area contributed by atoms with Crippen molar-refractivity contribution in [3.8, 4) is 6.07 Å². The van der Waals surface area contributed by atoms with Gasteiger partial charge in [0.1, 0.15) is 0 Å². The van der Waals surface area contributed by atoms with Crippen molar-refractivity contribution in [2.75, 3.05) is 0 Å². The van der Waals surface area contributed by atoms with Gasteiger partial charge in [-0.25, -0.2) is 0 Å². The van der Waals surface area contributed by atoms with E-state index in [4.69, 9.17) is 5.26 Å². The SMILES string of the molecule is CC1(C)CC(=O)NN1C(c1ccc2ccc(C#N)cc2c1)C(F)(F)F. The number of hydrogen-bond donors (Lipinski definition) is 1. The van der Waals surface area contributed by atoms with Crippen molar-refractivity contribution in [3.63, 3.8) is 0 Å². The van der Waals surface area contributed by atoms with Gasteiger partial charge in [0.25, 0.3) is 0 Å². The lowest BCUT2D eigenvalue weighted by Crippen LogP contribution is -2.51. The number of nitrogens with one attached hydrogen (secondary N) is 1. The molecule has 2 aromatic carbocycles. The minimum absolute atomic E-state index is 0.00819.